The van der Waals surface area contributed by atoms with Gasteiger partial charge in [0.2, 0.25) is 5.91 Å². The van der Waals surface area contributed by atoms with E-state index in [2.05, 4.69) is 10.6 Å². The van der Waals surface area contributed by atoms with Crippen molar-refractivity contribution in [3.05, 3.63) is 0 Å². The van der Waals surface area contributed by atoms with Crippen molar-refractivity contribution in [2.45, 2.75) is 32.7 Å². The minimum absolute atomic E-state index is 0.0955. The van der Waals surface area contributed by atoms with Crippen LogP contribution < -0.4 is 10.6 Å². The maximum absolute atomic E-state index is 11.5. The summed E-state index contributed by atoms with van der Waals surface area (Å²) in [6.07, 6.45) is 1.83. The molecule has 1 saturated heterocycles. The molecule has 5 heteroatoms. The molecule has 1 unspecified atom stereocenters. The average molecular weight is 214 g/mol. The first-order chi connectivity index (χ1) is 6.93. The predicted molar refractivity (Wildman–Crippen MR) is 55.5 cm³/mol. The molecule has 0 radical (unpaired) electrons. The monoisotopic (exact) mass is 214 g/mol. The summed E-state index contributed by atoms with van der Waals surface area (Å²) in [4.78, 5) is 22.3. The molecule has 1 heterocycles. The van der Waals surface area contributed by atoms with Gasteiger partial charge in [-0.25, -0.2) is 0 Å². The molecule has 1 aliphatic rings. The summed E-state index contributed by atoms with van der Waals surface area (Å²) in [6, 6.07) is -0.144. The van der Waals surface area contributed by atoms with Gasteiger partial charge in [-0.1, -0.05) is 0 Å². The van der Waals surface area contributed by atoms with Gasteiger partial charge in [-0.3, -0.25) is 9.59 Å². The number of carbonyl (C=O) groups is 2. The first-order valence-electron chi connectivity index (χ1n) is 5.18. The number of aliphatic carboxylic acids is 1. The van der Waals surface area contributed by atoms with E-state index >= 15 is 0 Å². The van der Waals surface area contributed by atoms with Gasteiger partial charge in [-0.2, -0.15) is 0 Å². The molecule has 0 bridgehead atoms. The van der Waals surface area contributed by atoms with Crippen LogP contribution in [0.25, 0.3) is 0 Å². The third-order valence-corrected chi connectivity index (χ3v) is 2.66. The summed E-state index contributed by atoms with van der Waals surface area (Å²) in [5.74, 6) is -0.996. The fourth-order valence-corrected chi connectivity index (χ4v) is 1.42. The van der Waals surface area contributed by atoms with Crippen LogP contribution in [-0.2, 0) is 9.59 Å². The number of carboxylic acid groups (broad SMARTS) is 1. The second kappa shape index (κ2) is 4.61. The molecule has 1 rings (SSSR count). The Morgan fingerprint density at radius 3 is 2.67 bits per heavy atom. The van der Waals surface area contributed by atoms with Crippen molar-refractivity contribution in [3.63, 3.8) is 0 Å². The summed E-state index contributed by atoms with van der Waals surface area (Å²) in [6.45, 7) is 4.22. The van der Waals surface area contributed by atoms with E-state index in [4.69, 9.17) is 5.11 Å². The van der Waals surface area contributed by atoms with Gasteiger partial charge in [-0.15, -0.1) is 0 Å². The molecule has 86 valence electrons. The van der Waals surface area contributed by atoms with Crippen molar-refractivity contribution in [3.8, 4) is 0 Å². The van der Waals surface area contributed by atoms with Gasteiger partial charge in [-0.05, 0) is 33.2 Å². The number of carboxylic acids is 1. The smallest absolute Gasteiger partial charge is 0.310 e. The Kier molecular flexibility index (Phi) is 3.68. The summed E-state index contributed by atoms with van der Waals surface area (Å²) < 4.78 is 0. The highest BCUT2D eigenvalue weighted by Gasteiger charge is 2.29. The van der Waals surface area contributed by atoms with Gasteiger partial charge in [0.05, 0.1) is 11.5 Å². The number of hydrogen-bond acceptors (Lipinski definition) is 3. The van der Waals surface area contributed by atoms with Crippen molar-refractivity contribution in [1.82, 2.24) is 10.6 Å². The lowest BCUT2D eigenvalue weighted by Gasteiger charge is -2.20. The molecule has 0 saturated carbocycles. The lowest BCUT2D eigenvalue weighted by Crippen LogP contribution is -2.45. The summed E-state index contributed by atoms with van der Waals surface area (Å²) >= 11 is 0. The fraction of sp³-hybridized carbons (Fsp3) is 0.800. The van der Waals surface area contributed by atoms with E-state index in [1.807, 2.05) is 0 Å². The van der Waals surface area contributed by atoms with Crippen LogP contribution in [0.15, 0.2) is 0 Å². The normalized spacial score (nSPS) is 21.3. The van der Waals surface area contributed by atoms with Crippen molar-refractivity contribution >= 4 is 11.9 Å². The maximum atomic E-state index is 11.5. The van der Waals surface area contributed by atoms with Gasteiger partial charge in [0, 0.05) is 6.54 Å². The highest BCUT2D eigenvalue weighted by Crippen LogP contribution is 2.13. The number of rotatable bonds is 4. The fourth-order valence-electron chi connectivity index (χ4n) is 1.42. The Morgan fingerprint density at radius 2 is 2.20 bits per heavy atom. The van der Waals surface area contributed by atoms with E-state index in [9.17, 15) is 9.59 Å². The van der Waals surface area contributed by atoms with Gasteiger partial charge < -0.3 is 15.7 Å². The third kappa shape index (κ3) is 3.20. The molecular formula is C10H18N2O3. The Balaban J connectivity index is 2.36. The number of carbonyl (C=O) groups excluding carboxylic acids is 1. The SMILES string of the molecule is CC(C)(CNC(=O)C1CCCN1)C(=O)O. The van der Waals surface area contributed by atoms with Crippen molar-refractivity contribution in [2.75, 3.05) is 13.1 Å². The quantitative estimate of drug-likeness (QED) is 0.614. The Hall–Kier alpha value is -1.10. The lowest BCUT2D eigenvalue weighted by molar-refractivity contribution is -0.146. The van der Waals surface area contributed by atoms with Crippen LogP contribution in [0.4, 0.5) is 0 Å². The van der Waals surface area contributed by atoms with Crippen molar-refractivity contribution < 1.29 is 14.7 Å². The first kappa shape index (κ1) is 12.0. The molecule has 0 spiro atoms. The van der Waals surface area contributed by atoms with Gasteiger partial charge in [0.15, 0.2) is 0 Å². The molecule has 0 aromatic rings. The molecule has 0 aromatic carbocycles. The molecular weight excluding hydrogens is 196 g/mol. The van der Waals surface area contributed by atoms with Crippen LogP contribution in [0.3, 0.4) is 0 Å². The van der Waals surface area contributed by atoms with E-state index < -0.39 is 11.4 Å². The van der Waals surface area contributed by atoms with Crippen LogP contribution in [0.2, 0.25) is 0 Å². The Bertz CT molecular complexity index is 257. The zero-order valence-electron chi connectivity index (χ0n) is 9.17. The maximum Gasteiger partial charge on any atom is 0.310 e. The average Bonchev–Trinajstić information content (AvgIpc) is 2.66. The molecule has 1 fully saturated rings. The highest BCUT2D eigenvalue weighted by atomic mass is 16.4. The zero-order valence-corrected chi connectivity index (χ0v) is 9.17. The summed E-state index contributed by atoms with van der Waals surface area (Å²) in [7, 11) is 0. The molecule has 15 heavy (non-hydrogen) atoms. The van der Waals surface area contributed by atoms with Crippen LogP contribution in [-0.4, -0.2) is 36.1 Å². The van der Waals surface area contributed by atoms with E-state index in [0.717, 1.165) is 19.4 Å². The van der Waals surface area contributed by atoms with Crippen molar-refractivity contribution in [2.24, 2.45) is 5.41 Å². The first-order valence-corrected chi connectivity index (χ1v) is 5.18. The number of hydrogen-bond donors (Lipinski definition) is 3. The summed E-state index contributed by atoms with van der Waals surface area (Å²) in [5, 5.41) is 14.6. The van der Waals surface area contributed by atoms with E-state index in [1.165, 1.54) is 0 Å². The topological polar surface area (TPSA) is 78.4 Å². The van der Waals surface area contributed by atoms with Gasteiger partial charge in [0.25, 0.3) is 0 Å². The van der Waals surface area contributed by atoms with Crippen LogP contribution >= 0.6 is 0 Å². The standard InChI is InChI=1S/C10H18N2O3/c1-10(2,9(14)15)6-12-8(13)7-4-3-5-11-7/h7,11H,3-6H2,1-2H3,(H,12,13)(H,14,15). The molecule has 0 aromatic heterocycles. The summed E-state index contributed by atoms with van der Waals surface area (Å²) in [5.41, 5.74) is -0.908. The Morgan fingerprint density at radius 1 is 1.53 bits per heavy atom. The third-order valence-electron chi connectivity index (χ3n) is 2.66. The second-order valence-electron chi connectivity index (χ2n) is 4.56. The Labute approximate surface area is 89.2 Å². The minimum atomic E-state index is -0.908. The van der Waals surface area contributed by atoms with Crippen LogP contribution in [0.1, 0.15) is 26.7 Å². The van der Waals surface area contributed by atoms with E-state index in [0.29, 0.717) is 0 Å². The predicted octanol–water partition coefficient (Wildman–Crippen LogP) is -0.0346. The van der Waals surface area contributed by atoms with Crippen LogP contribution in [0.5, 0.6) is 0 Å². The molecule has 5 nitrogen and oxygen atoms in total. The van der Waals surface area contributed by atoms with E-state index in [-0.39, 0.29) is 18.5 Å². The molecule has 1 amide bonds. The zero-order chi connectivity index (χ0) is 11.5. The molecule has 3 N–H and O–H groups in total. The molecule has 1 atom stereocenters. The molecule has 0 aliphatic carbocycles. The van der Waals surface area contributed by atoms with Gasteiger partial charge in [0.1, 0.15) is 0 Å². The second-order valence-corrected chi connectivity index (χ2v) is 4.56. The number of amides is 1. The van der Waals surface area contributed by atoms with E-state index in [1.54, 1.807) is 13.8 Å². The van der Waals surface area contributed by atoms with Crippen LogP contribution in [0, 0.1) is 5.41 Å². The molecule has 1 aliphatic heterocycles. The minimum Gasteiger partial charge on any atom is -0.481 e. The lowest BCUT2D eigenvalue weighted by atomic mass is 9.94. The van der Waals surface area contributed by atoms with Gasteiger partial charge >= 0.3 is 5.97 Å². The van der Waals surface area contributed by atoms with Crippen molar-refractivity contribution in [1.29, 1.82) is 0 Å². The number of nitrogens with one attached hydrogen (secondary N) is 2. The largest absolute Gasteiger partial charge is 0.481 e. The highest BCUT2D eigenvalue weighted by molar-refractivity contribution is 5.83.